The molecule has 1 heterocycles. The lowest BCUT2D eigenvalue weighted by Gasteiger charge is -2.62. The Morgan fingerprint density at radius 3 is 2.36 bits per heavy atom. The largest absolute Gasteiger partial charge is 0.467 e. The Morgan fingerprint density at radius 1 is 0.949 bits per heavy atom. The van der Waals surface area contributed by atoms with Crippen LogP contribution in [0, 0.1) is 34.5 Å². The number of fused-ring (bicyclic) bond motifs is 5. The molecule has 39 heavy (non-hydrogen) atoms. The molecule has 0 spiro atoms. The molecule has 14 unspecified atom stereocenters. The number of ketones is 1. The van der Waals surface area contributed by atoms with Crippen molar-refractivity contribution in [3.63, 3.8) is 0 Å². The number of methoxy groups -OCH3 is 1. The minimum absolute atomic E-state index is 0.0293. The fraction of sp³-hybridized carbons (Fsp3) is 0.929. The summed E-state index contributed by atoms with van der Waals surface area (Å²) in [5.74, 6) is -1.02. The number of carbonyl (C=O) groups is 2. The van der Waals surface area contributed by atoms with E-state index in [1.807, 2.05) is 6.92 Å². The Labute approximate surface area is 228 Å². The molecule has 1 aliphatic heterocycles. The quantitative estimate of drug-likeness (QED) is 0.244. The fourth-order valence-electron chi connectivity index (χ4n) is 9.40. The van der Waals surface area contributed by atoms with Crippen LogP contribution in [0.2, 0.25) is 0 Å². The van der Waals surface area contributed by atoms with Gasteiger partial charge in [0.25, 0.3) is 0 Å². The van der Waals surface area contributed by atoms with E-state index in [-0.39, 0.29) is 42.1 Å². The maximum absolute atomic E-state index is 13.6. The molecule has 222 valence electrons. The van der Waals surface area contributed by atoms with Gasteiger partial charge >= 0.3 is 5.97 Å². The summed E-state index contributed by atoms with van der Waals surface area (Å²) in [6.45, 7) is 3.47. The fourth-order valence-corrected chi connectivity index (χ4v) is 9.40. The molecule has 4 aliphatic carbocycles. The van der Waals surface area contributed by atoms with Gasteiger partial charge in [0, 0.05) is 5.41 Å². The number of ether oxygens (including phenoxy) is 3. The molecule has 1 saturated heterocycles. The average Bonchev–Trinajstić information content (AvgIpc) is 3.17. The first kappa shape index (κ1) is 29.3. The van der Waals surface area contributed by atoms with Gasteiger partial charge in [-0.2, -0.15) is 0 Å². The monoisotopic (exact) mass is 556 g/mol. The van der Waals surface area contributed by atoms with Crippen molar-refractivity contribution in [3.05, 3.63) is 0 Å². The Balaban J connectivity index is 1.31. The zero-order chi connectivity index (χ0) is 28.5. The lowest BCUT2D eigenvalue weighted by molar-refractivity contribution is -0.293. The zero-order valence-corrected chi connectivity index (χ0v) is 22.9. The van der Waals surface area contributed by atoms with Crippen molar-refractivity contribution in [2.24, 2.45) is 34.5 Å². The molecule has 0 aromatic heterocycles. The first-order chi connectivity index (χ1) is 18.3. The maximum atomic E-state index is 13.6. The van der Waals surface area contributed by atoms with Crippen molar-refractivity contribution in [1.82, 2.24) is 0 Å². The molecule has 0 bridgehead atoms. The standard InChI is InChI=1S/C28H44O11/c1-26-8-6-14(29)10-13(26)4-5-15-16-7-9-28(36,27(16,2)11-17(30)19(15)26)18(31)12-38-25-22(34)20(32)21(33)23(39-25)24(35)37-3/h13-17,19-23,25,29-30,32-34,36H,4-12H2,1-3H3. The Hall–Kier alpha value is -1.18. The van der Waals surface area contributed by atoms with Crippen LogP contribution in [-0.4, -0.2) is 105 Å². The maximum Gasteiger partial charge on any atom is 0.337 e. The first-order valence-electron chi connectivity index (χ1n) is 14.3. The number of carbonyl (C=O) groups excluding carboxylic acids is 2. The van der Waals surface area contributed by atoms with Crippen LogP contribution >= 0.6 is 0 Å². The SMILES string of the molecule is COC(=O)C1OC(OCC(=O)C2(O)CCC3C4CCC5CC(O)CCC5(C)C4C(O)CC32C)C(O)C(O)C1O. The highest BCUT2D eigenvalue weighted by Gasteiger charge is 2.68. The molecule has 0 radical (unpaired) electrons. The average molecular weight is 557 g/mol. The molecule has 11 heteroatoms. The van der Waals surface area contributed by atoms with E-state index in [2.05, 4.69) is 11.7 Å². The van der Waals surface area contributed by atoms with Crippen LogP contribution in [0.25, 0.3) is 0 Å². The van der Waals surface area contributed by atoms with E-state index in [0.29, 0.717) is 12.3 Å². The zero-order valence-electron chi connectivity index (χ0n) is 22.9. The van der Waals surface area contributed by atoms with E-state index in [1.54, 1.807) is 0 Å². The molecular formula is C28H44O11. The third kappa shape index (κ3) is 4.39. The van der Waals surface area contributed by atoms with Gasteiger partial charge in [0.05, 0.1) is 19.3 Å². The predicted octanol–water partition coefficient (Wildman–Crippen LogP) is -0.342. The Kier molecular flexibility index (Phi) is 7.72. The summed E-state index contributed by atoms with van der Waals surface area (Å²) >= 11 is 0. The lowest BCUT2D eigenvalue weighted by atomic mass is 9.43. The van der Waals surface area contributed by atoms with E-state index in [4.69, 9.17) is 9.47 Å². The number of aliphatic hydroxyl groups excluding tert-OH is 5. The van der Waals surface area contributed by atoms with Gasteiger partial charge in [-0.15, -0.1) is 0 Å². The summed E-state index contributed by atoms with van der Waals surface area (Å²) in [4.78, 5) is 25.5. The van der Waals surface area contributed by atoms with Crippen molar-refractivity contribution >= 4 is 11.8 Å². The minimum atomic E-state index is -1.78. The van der Waals surface area contributed by atoms with Gasteiger partial charge in [-0.25, -0.2) is 4.79 Å². The summed E-state index contributed by atoms with van der Waals surface area (Å²) in [7, 11) is 1.08. The van der Waals surface area contributed by atoms with Crippen LogP contribution in [0.1, 0.15) is 65.2 Å². The summed E-state index contributed by atoms with van der Waals surface area (Å²) in [6, 6.07) is 0. The van der Waals surface area contributed by atoms with Crippen molar-refractivity contribution < 1.29 is 54.4 Å². The van der Waals surface area contributed by atoms with Gasteiger partial charge in [0.2, 0.25) is 0 Å². The van der Waals surface area contributed by atoms with Gasteiger partial charge in [-0.3, -0.25) is 4.79 Å². The van der Waals surface area contributed by atoms with Gasteiger partial charge < -0.3 is 44.8 Å². The molecule has 0 aromatic carbocycles. The van der Waals surface area contributed by atoms with Gasteiger partial charge in [0.15, 0.2) is 18.2 Å². The molecule has 5 aliphatic rings. The van der Waals surface area contributed by atoms with Gasteiger partial charge in [-0.1, -0.05) is 13.8 Å². The van der Waals surface area contributed by atoms with E-state index in [1.165, 1.54) is 0 Å². The van der Waals surface area contributed by atoms with Gasteiger partial charge in [0.1, 0.15) is 30.5 Å². The smallest absolute Gasteiger partial charge is 0.337 e. The summed E-state index contributed by atoms with van der Waals surface area (Å²) in [5, 5.41) is 64.3. The Morgan fingerprint density at radius 2 is 1.67 bits per heavy atom. The van der Waals surface area contributed by atoms with E-state index in [0.717, 1.165) is 39.2 Å². The number of esters is 1. The summed E-state index contributed by atoms with van der Waals surface area (Å²) in [5.41, 5.74) is -2.75. The van der Waals surface area contributed by atoms with Crippen LogP contribution in [0.3, 0.4) is 0 Å². The van der Waals surface area contributed by atoms with Crippen molar-refractivity contribution in [2.45, 2.75) is 114 Å². The molecular weight excluding hydrogens is 512 g/mol. The second-order valence-electron chi connectivity index (χ2n) is 13.2. The second kappa shape index (κ2) is 10.3. The second-order valence-corrected chi connectivity index (χ2v) is 13.2. The third-order valence-electron chi connectivity index (χ3n) is 11.6. The highest BCUT2D eigenvalue weighted by molar-refractivity contribution is 5.89. The number of hydrogen-bond acceptors (Lipinski definition) is 11. The van der Waals surface area contributed by atoms with Gasteiger partial charge in [-0.05, 0) is 80.5 Å². The first-order valence-corrected chi connectivity index (χ1v) is 14.3. The Bertz CT molecular complexity index is 960. The lowest BCUT2D eigenvalue weighted by Crippen LogP contribution is -2.64. The molecule has 14 atom stereocenters. The number of aliphatic hydroxyl groups is 6. The molecule has 6 N–H and O–H groups in total. The topological polar surface area (TPSA) is 183 Å². The number of rotatable bonds is 5. The van der Waals surface area contributed by atoms with Crippen LogP contribution < -0.4 is 0 Å². The molecule has 0 amide bonds. The van der Waals surface area contributed by atoms with E-state index >= 15 is 0 Å². The molecule has 0 aromatic rings. The molecule has 11 nitrogen and oxygen atoms in total. The summed E-state index contributed by atoms with van der Waals surface area (Å²) < 4.78 is 15.4. The number of Topliss-reactive ketones (excluding diaryl/α,β-unsaturated/α-hetero) is 1. The number of hydrogen-bond donors (Lipinski definition) is 6. The van der Waals surface area contributed by atoms with Crippen LogP contribution in [0.4, 0.5) is 0 Å². The normalized spacial score (nSPS) is 53.3. The van der Waals surface area contributed by atoms with E-state index in [9.17, 15) is 40.2 Å². The van der Waals surface area contributed by atoms with Crippen LogP contribution in [0.15, 0.2) is 0 Å². The predicted molar refractivity (Wildman–Crippen MR) is 134 cm³/mol. The molecule has 4 saturated carbocycles. The molecule has 5 rings (SSSR count). The van der Waals surface area contributed by atoms with Crippen molar-refractivity contribution in [3.8, 4) is 0 Å². The highest BCUT2D eigenvalue weighted by atomic mass is 16.7. The van der Waals surface area contributed by atoms with Crippen LogP contribution in [0.5, 0.6) is 0 Å². The third-order valence-corrected chi connectivity index (χ3v) is 11.6. The highest BCUT2D eigenvalue weighted by Crippen LogP contribution is 2.68. The summed E-state index contributed by atoms with van der Waals surface area (Å²) in [6.07, 6.45) is -4.19. The van der Waals surface area contributed by atoms with Crippen LogP contribution in [-0.2, 0) is 23.8 Å². The minimum Gasteiger partial charge on any atom is -0.467 e. The van der Waals surface area contributed by atoms with Crippen molar-refractivity contribution in [2.75, 3.05) is 13.7 Å². The molecule has 5 fully saturated rings. The van der Waals surface area contributed by atoms with Crippen molar-refractivity contribution in [1.29, 1.82) is 0 Å². The van der Waals surface area contributed by atoms with E-state index < -0.39 is 66.2 Å².